The zero-order valence-corrected chi connectivity index (χ0v) is 16.0. The van der Waals surface area contributed by atoms with E-state index in [9.17, 15) is 14.0 Å². The number of anilines is 1. The summed E-state index contributed by atoms with van der Waals surface area (Å²) in [7, 11) is 1.72. The number of nitrogens with zero attached hydrogens (tertiary/aromatic N) is 3. The normalized spacial score (nSPS) is 16.3. The molecule has 0 spiro atoms. The molecule has 0 saturated heterocycles. The molecule has 1 aliphatic rings. The van der Waals surface area contributed by atoms with Gasteiger partial charge >= 0.3 is 0 Å². The number of hydrogen-bond acceptors (Lipinski definition) is 4. The standard InChI is InChI=1S/C21H25FN4O2/c1-25-14-12-23-19-7-4-6-18(24-19)5-2-3-13-26(15-20(25)27)21(28)16-8-10-17(22)11-9-16/h4,6-11H,2-3,5,12-15H2,1H3,(H,23,24). The number of aryl methyl sites for hydroxylation is 1. The largest absolute Gasteiger partial charge is 0.368 e. The Morgan fingerprint density at radius 2 is 1.89 bits per heavy atom. The number of carbonyl (C=O) groups is 2. The lowest BCUT2D eigenvalue weighted by atomic mass is 10.1. The van der Waals surface area contributed by atoms with Gasteiger partial charge in [0.25, 0.3) is 5.91 Å². The van der Waals surface area contributed by atoms with Crippen LogP contribution < -0.4 is 5.32 Å². The van der Waals surface area contributed by atoms with Crippen LogP contribution in [-0.4, -0.2) is 59.8 Å². The van der Waals surface area contributed by atoms with Crippen molar-refractivity contribution < 1.29 is 14.0 Å². The van der Waals surface area contributed by atoms with E-state index in [4.69, 9.17) is 0 Å². The fraction of sp³-hybridized carbons (Fsp3) is 0.381. The Kier molecular flexibility index (Phi) is 6.57. The molecular formula is C21H25FN4O2. The predicted molar refractivity (Wildman–Crippen MR) is 106 cm³/mol. The first-order valence-corrected chi connectivity index (χ1v) is 9.51. The van der Waals surface area contributed by atoms with E-state index in [1.807, 2.05) is 18.2 Å². The monoisotopic (exact) mass is 384 g/mol. The summed E-state index contributed by atoms with van der Waals surface area (Å²) in [6.45, 7) is 1.55. The van der Waals surface area contributed by atoms with Gasteiger partial charge in [-0.3, -0.25) is 9.59 Å². The molecule has 7 heteroatoms. The lowest BCUT2D eigenvalue weighted by Crippen LogP contribution is -2.43. The molecule has 0 radical (unpaired) electrons. The zero-order chi connectivity index (χ0) is 19.9. The summed E-state index contributed by atoms with van der Waals surface area (Å²) in [4.78, 5) is 33.2. The molecule has 0 saturated carbocycles. The number of rotatable bonds is 1. The van der Waals surface area contributed by atoms with Crippen molar-refractivity contribution in [2.75, 3.05) is 38.5 Å². The van der Waals surface area contributed by atoms with E-state index in [1.54, 1.807) is 16.8 Å². The molecule has 2 heterocycles. The molecule has 1 aliphatic heterocycles. The molecule has 2 amide bonds. The van der Waals surface area contributed by atoms with Crippen LogP contribution in [0.5, 0.6) is 0 Å². The van der Waals surface area contributed by atoms with Gasteiger partial charge in [0.05, 0.1) is 0 Å². The van der Waals surface area contributed by atoms with Crippen LogP contribution in [0.1, 0.15) is 28.9 Å². The Morgan fingerprint density at radius 1 is 1.11 bits per heavy atom. The van der Waals surface area contributed by atoms with Crippen LogP contribution in [0.2, 0.25) is 0 Å². The first kappa shape index (κ1) is 19.8. The second kappa shape index (κ2) is 9.30. The third-order valence-electron chi connectivity index (χ3n) is 4.80. The van der Waals surface area contributed by atoms with Crippen LogP contribution in [0.15, 0.2) is 42.5 Å². The van der Waals surface area contributed by atoms with Gasteiger partial charge in [-0.15, -0.1) is 0 Å². The van der Waals surface area contributed by atoms with Crippen molar-refractivity contribution in [1.29, 1.82) is 0 Å². The molecule has 3 rings (SSSR count). The fourth-order valence-corrected chi connectivity index (χ4v) is 3.11. The van der Waals surface area contributed by atoms with Crippen molar-refractivity contribution in [3.63, 3.8) is 0 Å². The van der Waals surface area contributed by atoms with Gasteiger partial charge in [0.2, 0.25) is 5.91 Å². The summed E-state index contributed by atoms with van der Waals surface area (Å²) in [5, 5.41) is 3.23. The number of nitrogens with one attached hydrogen (secondary N) is 1. The SMILES string of the molecule is CN1CCNc2cccc(n2)CCCCN(C(=O)c2ccc(F)cc2)CC1=O. The van der Waals surface area contributed by atoms with Crippen molar-refractivity contribution in [3.05, 3.63) is 59.5 Å². The summed E-state index contributed by atoms with van der Waals surface area (Å²) >= 11 is 0. The predicted octanol–water partition coefficient (Wildman–Crippen LogP) is 2.57. The Bertz CT molecular complexity index is 825. The van der Waals surface area contributed by atoms with E-state index >= 15 is 0 Å². The maximum absolute atomic E-state index is 13.2. The third-order valence-corrected chi connectivity index (χ3v) is 4.80. The molecule has 2 aromatic rings. The molecule has 0 unspecified atom stereocenters. The number of aromatic nitrogens is 1. The van der Waals surface area contributed by atoms with Crippen LogP contribution in [0.25, 0.3) is 0 Å². The van der Waals surface area contributed by atoms with Crippen LogP contribution in [0.4, 0.5) is 10.2 Å². The molecule has 2 bridgehead atoms. The first-order valence-electron chi connectivity index (χ1n) is 9.51. The van der Waals surface area contributed by atoms with Gasteiger partial charge < -0.3 is 15.1 Å². The smallest absolute Gasteiger partial charge is 0.254 e. The van der Waals surface area contributed by atoms with Crippen molar-refractivity contribution >= 4 is 17.6 Å². The van der Waals surface area contributed by atoms with E-state index in [-0.39, 0.29) is 18.4 Å². The summed E-state index contributed by atoms with van der Waals surface area (Å²) in [5.41, 5.74) is 1.39. The lowest BCUT2D eigenvalue weighted by Gasteiger charge is -2.26. The summed E-state index contributed by atoms with van der Waals surface area (Å²) in [6, 6.07) is 11.3. The van der Waals surface area contributed by atoms with Crippen molar-refractivity contribution in [1.82, 2.24) is 14.8 Å². The second-order valence-corrected chi connectivity index (χ2v) is 6.95. The molecular weight excluding hydrogens is 359 g/mol. The molecule has 1 aromatic heterocycles. The molecule has 0 aliphatic carbocycles. The summed E-state index contributed by atoms with van der Waals surface area (Å²) in [6.07, 6.45) is 2.42. The van der Waals surface area contributed by atoms with Gasteiger partial charge in [0.1, 0.15) is 18.2 Å². The topological polar surface area (TPSA) is 65.5 Å². The fourth-order valence-electron chi connectivity index (χ4n) is 3.11. The number of likely N-dealkylation sites (N-methyl/N-ethyl adjacent to an activating group) is 1. The van der Waals surface area contributed by atoms with Crippen LogP contribution >= 0.6 is 0 Å². The summed E-state index contributed by atoms with van der Waals surface area (Å²) in [5.74, 6) is 0.0299. The van der Waals surface area contributed by atoms with Gasteiger partial charge in [0.15, 0.2) is 0 Å². The molecule has 148 valence electrons. The third kappa shape index (κ3) is 5.28. The zero-order valence-electron chi connectivity index (χ0n) is 16.0. The van der Waals surface area contributed by atoms with Gasteiger partial charge in [-0.05, 0) is 55.7 Å². The molecule has 6 nitrogen and oxygen atoms in total. The molecule has 0 fully saturated rings. The van der Waals surface area contributed by atoms with Crippen molar-refractivity contribution in [3.8, 4) is 0 Å². The number of halogens is 1. The average molecular weight is 384 g/mol. The second-order valence-electron chi connectivity index (χ2n) is 6.95. The van der Waals surface area contributed by atoms with Gasteiger partial charge in [0, 0.05) is 37.9 Å². The van der Waals surface area contributed by atoms with E-state index in [0.29, 0.717) is 25.2 Å². The average Bonchev–Trinajstić information content (AvgIpc) is 2.70. The molecule has 0 atom stereocenters. The minimum absolute atomic E-state index is 0.0102. The highest BCUT2D eigenvalue weighted by atomic mass is 19.1. The molecule has 28 heavy (non-hydrogen) atoms. The van der Waals surface area contributed by atoms with Gasteiger partial charge in [-0.25, -0.2) is 9.37 Å². The maximum atomic E-state index is 13.2. The van der Waals surface area contributed by atoms with Crippen molar-refractivity contribution in [2.24, 2.45) is 0 Å². The van der Waals surface area contributed by atoms with Crippen LogP contribution in [0.3, 0.4) is 0 Å². The molecule has 1 aromatic carbocycles. The number of amides is 2. The Hall–Kier alpha value is -2.96. The van der Waals surface area contributed by atoms with Gasteiger partial charge in [-0.1, -0.05) is 6.07 Å². The number of hydrogen-bond donors (Lipinski definition) is 1. The lowest BCUT2D eigenvalue weighted by molar-refractivity contribution is -0.130. The Morgan fingerprint density at radius 3 is 2.68 bits per heavy atom. The minimum Gasteiger partial charge on any atom is -0.368 e. The quantitative estimate of drug-likeness (QED) is 0.821. The number of carbonyl (C=O) groups excluding carboxylic acids is 2. The number of pyridine rings is 1. The van der Waals surface area contributed by atoms with Crippen molar-refractivity contribution in [2.45, 2.75) is 19.3 Å². The van der Waals surface area contributed by atoms with Crippen LogP contribution in [0, 0.1) is 5.82 Å². The minimum atomic E-state index is -0.393. The van der Waals surface area contributed by atoms with Crippen LogP contribution in [-0.2, 0) is 11.2 Å². The van der Waals surface area contributed by atoms with Gasteiger partial charge in [-0.2, -0.15) is 0 Å². The highest BCUT2D eigenvalue weighted by Gasteiger charge is 2.21. The maximum Gasteiger partial charge on any atom is 0.254 e. The van der Waals surface area contributed by atoms with E-state index in [1.165, 1.54) is 24.3 Å². The van der Waals surface area contributed by atoms with E-state index in [2.05, 4.69) is 10.3 Å². The highest BCUT2D eigenvalue weighted by molar-refractivity contribution is 5.96. The Labute approximate surface area is 164 Å². The number of fused-ring (bicyclic) bond motifs is 2. The first-order chi connectivity index (χ1) is 13.5. The Balaban J connectivity index is 1.75. The van der Waals surface area contributed by atoms with E-state index in [0.717, 1.165) is 30.8 Å². The highest BCUT2D eigenvalue weighted by Crippen LogP contribution is 2.12. The molecule has 1 N–H and O–H groups in total. The number of benzene rings is 1. The summed E-state index contributed by atoms with van der Waals surface area (Å²) < 4.78 is 13.2. The van der Waals surface area contributed by atoms with E-state index < -0.39 is 5.82 Å².